The Hall–Kier alpha value is -2.29. The topological polar surface area (TPSA) is 24.8 Å². The maximum absolute atomic E-state index is 5.76. The fourth-order valence-electron chi connectivity index (χ4n) is 3.11. The van der Waals surface area contributed by atoms with E-state index in [1.165, 1.54) is 38.0 Å². The third-order valence-corrected chi connectivity index (χ3v) is 4.78. The van der Waals surface area contributed by atoms with Crippen LogP contribution in [-0.2, 0) is 0 Å². The maximum Gasteiger partial charge on any atom is 0.119 e. The molecule has 3 nitrogen and oxygen atoms in total. The molecule has 0 atom stereocenters. The van der Waals surface area contributed by atoms with Crippen LogP contribution in [0.3, 0.4) is 0 Å². The smallest absolute Gasteiger partial charge is 0.119 e. The zero-order chi connectivity index (χ0) is 18.2. The van der Waals surface area contributed by atoms with Crippen LogP contribution in [0.5, 0.6) is 5.75 Å². The predicted octanol–water partition coefficient (Wildman–Crippen LogP) is 5.85. The van der Waals surface area contributed by atoms with Gasteiger partial charge in [0.1, 0.15) is 5.75 Å². The Kier molecular flexibility index (Phi) is 6.70. The molecule has 1 fully saturated rings. The van der Waals surface area contributed by atoms with E-state index in [0.717, 1.165) is 30.0 Å². The van der Waals surface area contributed by atoms with Gasteiger partial charge >= 0.3 is 0 Å². The van der Waals surface area contributed by atoms with Crippen molar-refractivity contribution in [3.63, 3.8) is 0 Å². The van der Waals surface area contributed by atoms with Crippen molar-refractivity contribution in [1.82, 2.24) is 0 Å². The summed E-state index contributed by atoms with van der Waals surface area (Å²) in [4.78, 5) is 7.06. The van der Waals surface area contributed by atoms with E-state index in [0.29, 0.717) is 5.92 Å². The van der Waals surface area contributed by atoms with Crippen molar-refractivity contribution in [3.8, 4) is 5.75 Å². The van der Waals surface area contributed by atoms with E-state index in [-0.39, 0.29) is 0 Å². The highest BCUT2D eigenvalue weighted by molar-refractivity contribution is 5.82. The summed E-state index contributed by atoms with van der Waals surface area (Å²) in [5.74, 6) is 1.59. The van der Waals surface area contributed by atoms with Gasteiger partial charge in [0.25, 0.3) is 0 Å². The van der Waals surface area contributed by atoms with Gasteiger partial charge in [0.05, 0.1) is 12.3 Å². The molecule has 138 valence electrons. The summed E-state index contributed by atoms with van der Waals surface area (Å²) < 4.78 is 5.76. The fraction of sp³-hybridized carbons (Fsp3) is 0.435. The lowest BCUT2D eigenvalue weighted by Gasteiger charge is -2.28. The number of ether oxygens (including phenoxy) is 1. The van der Waals surface area contributed by atoms with E-state index in [1.54, 1.807) is 0 Å². The molecule has 0 aromatic heterocycles. The second kappa shape index (κ2) is 9.42. The number of rotatable bonds is 7. The molecule has 1 aliphatic rings. The summed E-state index contributed by atoms with van der Waals surface area (Å²) in [5, 5.41) is 0. The first-order valence-electron chi connectivity index (χ1n) is 9.83. The predicted molar refractivity (Wildman–Crippen MR) is 111 cm³/mol. The number of piperidine rings is 1. The van der Waals surface area contributed by atoms with E-state index in [4.69, 9.17) is 4.74 Å². The Labute approximate surface area is 157 Å². The third-order valence-electron chi connectivity index (χ3n) is 4.78. The van der Waals surface area contributed by atoms with Crippen molar-refractivity contribution >= 4 is 17.6 Å². The minimum atomic E-state index is 0.669. The molecule has 1 saturated heterocycles. The van der Waals surface area contributed by atoms with Crippen LogP contribution in [0.1, 0.15) is 45.1 Å². The van der Waals surface area contributed by atoms with Crippen molar-refractivity contribution in [3.05, 3.63) is 54.1 Å². The average Bonchev–Trinajstić information content (AvgIpc) is 2.68. The maximum atomic E-state index is 5.76. The first-order valence-corrected chi connectivity index (χ1v) is 9.83. The van der Waals surface area contributed by atoms with Crippen molar-refractivity contribution in [2.75, 3.05) is 24.6 Å². The van der Waals surface area contributed by atoms with Gasteiger partial charge in [-0.2, -0.15) is 0 Å². The molecule has 0 aliphatic carbocycles. The molecule has 0 bridgehead atoms. The summed E-state index contributed by atoms with van der Waals surface area (Å²) >= 11 is 0. The van der Waals surface area contributed by atoms with Gasteiger partial charge in [-0.3, -0.25) is 4.99 Å². The van der Waals surface area contributed by atoms with Crippen LogP contribution in [-0.4, -0.2) is 25.9 Å². The molecule has 0 N–H and O–H groups in total. The highest BCUT2D eigenvalue weighted by Crippen LogP contribution is 2.23. The molecule has 0 saturated carbocycles. The van der Waals surface area contributed by atoms with Gasteiger partial charge in [-0.25, -0.2) is 0 Å². The Morgan fingerprint density at radius 2 is 1.65 bits per heavy atom. The van der Waals surface area contributed by atoms with Crippen LogP contribution in [0.15, 0.2) is 53.5 Å². The van der Waals surface area contributed by atoms with E-state index < -0.39 is 0 Å². The van der Waals surface area contributed by atoms with Gasteiger partial charge in [0.15, 0.2) is 0 Å². The van der Waals surface area contributed by atoms with Gasteiger partial charge in [-0.05, 0) is 85.7 Å². The molecule has 2 aromatic carbocycles. The second-order valence-electron chi connectivity index (χ2n) is 7.42. The van der Waals surface area contributed by atoms with E-state index in [1.807, 2.05) is 18.3 Å². The van der Waals surface area contributed by atoms with Gasteiger partial charge in [-0.15, -0.1) is 0 Å². The SMILES string of the molecule is CC(C)CCOc1ccc(C=Nc2ccc(N3CCCCC3)cc2)cc1. The van der Waals surface area contributed by atoms with Crippen LogP contribution in [0.4, 0.5) is 11.4 Å². The summed E-state index contributed by atoms with van der Waals surface area (Å²) in [7, 11) is 0. The van der Waals surface area contributed by atoms with Crippen LogP contribution in [0, 0.1) is 5.92 Å². The van der Waals surface area contributed by atoms with Crippen molar-refractivity contribution in [2.45, 2.75) is 39.5 Å². The largest absolute Gasteiger partial charge is 0.494 e. The fourth-order valence-corrected chi connectivity index (χ4v) is 3.11. The monoisotopic (exact) mass is 350 g/mol. The van der Waals surface area contributed by atoms with Crippen molar-refractivity contribution in [1.29, 1.82) is 0 Å². The minimum Gasteiger partial charge on any atom is -0.494 e. The molecule has 26 heavy (non-hydrogen) atoms. The van der Waals surface area contributed by atoms with Crippen LogP contribution < -0.4 is 9.64 Å². The van der Waals surface area contributed by atoms with E-state index >= 15 is 0 Å². The van der Waals surface area contributed by atoms with E-state index in [2.05, 4.69) is 60.1 Å². The molecular weight excluding hydrogens is 320 g/mol. The summed E-state index contributed by atoms with van der Waals surface area (Å²) in [6.07, 6.45) is 6.96. The normalized spacial score (nSPS) is 15.0. The molecule has 0 radical (unpaired) electrons. The summed E-state index contributed by atoms with van der Waals surface area (Å²) in [6, 6.07) is 16.7. The molecule has 2 aromatic rings. The van der Waals surface area contributed by atoms with Crippen molar-refractivity contribution < 1.29 is 4.74 Å². The number of hydrogen-bond donors (Lipinski definition) is 0. The first kappa shape index (κ1) is 18.5. The molecular formula is C23H30N2O. The summed E-state index contributed by atoms with van der Waals surface area (Å²) in [5.41, 5.74) is 3.39. The number of anilines is 1. The Morgan fingerprint density at radius 3 is 2.31 bits per heavy atom. The highest BCUT2D eigenvalue weighted by Gasteiger charge is 2.10. The lowest BCUT2D eigenvalue weighted by Crippen LogP contribution is -2.29. The zero-order valence-corrected chi connectivity index (χ0v) is 16.0. The lowest BCUT2D eigenvalue weighted by molar-refractivity contribution is 0.289. The molecule has 0 amide bonds. The highest BCUT2D eigenvalue weighted by atomic mass is 16.5. The molecule has 0 unspecified atom stereocenters. The number of hydrogen-bond acceptors (Lipinski definition) is 3. The standard InChI is InChI=1S/C23H30N2O/c1-19(2)14-17-26-23-12-6-20(7-13-23)18-24-21-8-10-22(11-9-21)25-15-4-3-5-16-25/h6-13,18-19H,3-5,14-17H2,1-2H3. The molecule has 1 aliphatic heterocycles. The minimum absolute atomic E-state index is 0.669. The number of aliphatic imine (C=N–C) groups is 1. The van der Waals surface area contributed by atoms with Crippen LogP contribution >= 0.6 is 0 Å². The van der Waals surface area contributed by atoms with E-state index in [9.17, 15) is 0 Å². The Bertz CT molecular complexity index is 683. The van der Waals surface area contributed by atoms with Gasteiger partial charge in [0.2, 0.25) is 0 Å². The molecule has 3 heteroatoms. The van der Waals surface area contributed by atoms with Gasteiger partial charge < -0.3 is 9.64 Å². The third kappa shape index (κ3) is 5.62. The molecule has 1 heterocycles. The van der Waals surface area contributed by atoms with Crippen molar-refractivity contribution in [2.24, 2.45) is 10.9 Å². The zero-order valence-electron chi connectivity index (χ0n) is 16.0. The first-order chi connectivity index (χ1) is 12.7. The van der Waals surface area contributed by atoms with Gasteiger partial charge in [-0.1, -0.05) is 13.8 Å². The summed E-state index contributed by atoms with van der Waals surface area (Å²) in [6.45, 7) is 7.54. The van der Waals surface area contributed by atoms with Crippen LogP contribution in [0.25, 0.3) is 0 Å². The molecule has 3 rings (SSSR count). The Morgan fingerprint density at radius 1 is 0.962 bits per heavy atom. The number of benzene rings is 2. The Balaban J connectivity index is 1.53. The quantitative estimate of drug-likeness (QED) is 0.585. The van der Waals surface area contributed by atoms with Gasteiger partial charge in [0, 0.05) is 25.0 Å². The average molecular weight is 351 g/mol. The second-order valence-corrected chi connectivity index (χ2v) is 7.42. The molecule has 0 spiro atoms. The lowest BCUT2D eigenvalue weighted by atomic mass is 10.1. The van der Waals surface area contributed by atoms with Crippen LogP contribution in [0.2, 0.25) is 0 Å². The number of nitrogens with zero attached hydrogens (tertiary/aromatic N) is 2.